The molecule has 0 saturated heterocycles. The minimum atomic E-state index is -0.288. The number of carbonyl (C=O) groups excluding carboxylic acids is 2. The van der Waals surface area contributed by atoms with Crippen LogP contribution in [0.4, 0.5) is 5.69 Å². The van der Waals surface area contributed by atoms with Crippen molar-refractivity contribution in [2.45, 2.75) is 45.7 Å². The Labute approximate surface area is 137 Å². The maximum atomic E-state index is 12.0. The minimum Gasteiger partial charge on any atom is -0.482 e. The molecule has 0 aliphatic carbocycles. The van der Waals surface area contributed by atoms with Crippen LogP contribution in [0.1, 0.15) is 45.2 Å². The summed E-state index contributed by atoms with van der Waals surface area (Å²) in [6, 6.07) is 5.35. The fourth-order valence-electron chi connectivity index (χ4n) is 2.46. The van der Waals surface area contributed by atoms with Gasteiger partial charge < -0.3 is 15.4 Å². The number of carbonyl (C=O) groups is 2. The Balaban J connectivity index is 1.95. The molecule has 0 aromatic heterocycles. The molecule has 1 aromatic rings. The molecule has 0 spiro atoms. The van der Waals surface area contributed by atoms with Gasteiger partial charge in [-0.25, -0.2) is 0 Å². The van der Waals surface area contributed by atoms with Crippen molar-refractivity contribution in [3.63, 3.8) is 0 Å². The van der Waals surface area contributed by atoms with Gasteiger partial charge in [0.05, 0.1) is 11.7 Å². The molecule has 0 bridgehead atoms. The third-order valence-corrected chi connectivity index (χ3v) is 3.86. The Hall–Kier alpha value is -2.08. The lowest BCUT2D eigenvalue weighted by Crippen LogP contribution is -2.43. The zero-order valence-corrected chi connectivity index (χ0v) is 13.9. The fourth-order valence-corrected chi connectivity index (χ4v) is 2.46. The first-order valence-corrected chi connectivity index (χ1v) is 8.11. The van der Waals surface area contributed by atoms with Crippen LogP contribution >= 0.6 is 0 Å². The van der Waals surface area contributed by atoms with Crippen LogP contribution < -0.4 is 20.7 Å². The lowest BCUT2D eigenvalue weighted by Gasteiger charge is -2.23. The second-order valence-electron chi connectivity index (χ2n) is 5.85. The normalized spacial score (nSPS) is 15.9. The second kappa shape index (κ2) is 7.97. The predicted octanol–water partition coefficient (Wildman–Crippen LogP) is 1.97. The molecule has 0 fully saturated rings. The zero-order chi connectivity index (χ0) is 16.8. The van der Waals surface area contributed by atoms with Gasteiger partial charge in [0.15, 0.2) is 6.61 Å². The van der Waals surface area contributed by atoms with Crippen molar-refractivity contribution in [1.29, 1.82) is 0 Å². The predicted molar refractivity (Wildman–Crippen MR) is 89.5 cm³/mol. The van der Waals surface area contributed by atoms with E-state index in [4.69, 9.17) is 4.74 Å². The Kier molecular flexibility index (Phi) is 5.98. The Morgan fingerprint density at radius 1 is 1.39 bits per heavy atom. The number of nitrogens with one attached hydrogen (secondary N) is 3. The molecule has 126 valence electrons. The smallest absolute Gasteiger partial charge is 0.262 e. The van der Waals surface area contributed by atoms with Gasteiger partial charge in [0.1, 0.15) is 5.75 Å². The van der Waals surface area contributed by atoms with E-state index in [-0.39, 0.29) is 30.5 Å². The van der Waals surface area contributed by atoms with Gasteiger partial charge in [-0.1, -0.05) is 19.4 Å². The first-order valence-electron chi connectivity index (χ1n) is 8.11. The lowest BCUT2D eigenvalue weighted by atomic mass is 10.1. The highest BCUT2D eigenvalue weighted by Crippen LogP contribution is 2.30. The Morgan fingerprint density at radius 2 is 2.17 bits per heavy atom. The van der Waals surface area contributed by atoms with Crippen LogP contribution in [-0.4, -0.2) is 31.0 Å². The van der Waals surface area contributed by atoms with Crippen LogP contribution in [0, 0.1) is 0 Å². The molecule has 2 amide bonds. The summed E-state index contributed by atoms with van der Waals surface area (Å²) in [6.07, 6.45) is 2.04. The van der Waals surface area contributed by atoms with Crippen LogP contribution in [0.25, 0.3) is 0 Å². The average molecular weight is 319 g/mol. The van der Waals surface area contributed by atoms with Gasteiger partial charge in [-0.05, 0) is 38.0 Å². The molecule has 1 aliphatic rings. The van der Waals surface area contributed by atoms with Crippen LogP contribution in [0.5, 0.6) is 5.75 Å². The Morgan fingerprint density at radius 3 is 2.91 bits per heavy atom. The van der Waals surface area contributed by atoms with Gasteiger partial charge >= 0.3 is 0 Å². The number of ether oxygens (including phenoxy) is 1. The van der Waals surface area contributed by atoms with E-state index in [0.29, 0.717) is 18.0 Å². The van der Waals surface area contributed by atoms with Crippen molar-refractivity contribution in [3.05, 3.63) is 23.8 Å². The summed E-state index contributed by atoms with van der Waals surface area (Å²) in [5.41, 5.74) is 1.66. The van der Waals surface area contributed by atoms with Gasteiger partial charge in [-0.2, -0.15) is 0 Å². The van der Waals surface area contributed by atoms with Crippen LogP contribution in [0.3, 0.4) is 0 Å². The highest BCUT2D eigenvalue weighted by molar-refractivity contribution is 5.95. The van der Waals surface area contributed by atoms with Crippen molar-refractivity contribution in [1.82, 2.24) is 10.6 Å². The van der Waals surface area contributed by atoms with Gasteiger partial charge in [-0.15, -0.1) is 0 Å². The monoisotopic (exact) mass is 319 g/mol. The van der Waals surface area contributed by atoms with E-state index in [1.54, 1.807) is 0 Å². The van der Waals surface area contributed by atoms with Crippen molar-refractivity contribution >= 4 is 17.5 Å². The number of fused-ring (bicyclic) bond motifs is 1. The molecule has 1 heterocycles. The van der Waals surface area contributed by atoms with Crippen molar-refractivity contribution in [2.24, 2.45) is 0 Å². The van der Waals surface area contributed by atoms with E-state index in [1.165, 1.54) is 0 Å². The molecular formula is C17H25N3O3. The maximum Gasteiger partial charge on any atom is 0.262 e. The highest BCUT2D eigenvalue weighted by atomic mass is 16.5. The Bertz CT molecular complexity index is 574. The van der Waals surface area contributed by atoms with Crippen molar-refractivity contribution < 1.29 is 14.3 Å². The quantitative estimate of drug-likeness (QED) is 0.671. The molecule has 2 atom stereocenters. The summed E-state index contributed by atoms with van der Waals surface area (Å²) in [7, 11) is 0. The van der Waals surface area contributed by atoms with E-state index in [9.17, 15) is 9.59 Å². The van der Waals surface area contributed by atoms with Crippen LogP contribution in [0.15, 0.2) is 18.2 Å². The summed E-state index contributed by atoms with van der Waals surface area (Å²) in [4.78, 5) is 23.4. The van der Waals surface area contributed by atoms with E-state index < -0.39 is 0 Å². The molecule has 2 unspecified atom stereocenters. The van der Waals surface area contributed by atoms with E-state index in [1.807, 2.05) is 32.0 Å². The third-order valence-electron chi connectivity index (χ3n) is 3.86. The maximum absolute atomic E-state index is 12.0. The van der Waals surface area contributed by atoms with Gasteiger partial charge in [0, 0.05) is 12.6 Å². The van der Waals surface area contributed by atoms with E-state index >= 15 is 0 Å². The molecule has 2 rings (SSSR count). The van der Waals surface area contributed by atoms with E-state index in [2.05, 4.69) is 22.9 Å². The molecule has 23 heavy (non-hydrogen) atoms. The lowest BCUT2D eigenvalue weighted by molar-refractivity contribution is -0.123. The SMILES string of the molecule is CCCCNC(=O)C(C)NC(C)c1ccc2c(c1)NC(=O)CO2. The summed E-state index contributed by atoms with van der Waals surface area (Å²) in [5.74, 6) is 0.518. The van der Waals surface area contributed by atoms with Gasteiger partial charge in [0.25, 0.3) is 5.91 Å². The molecule has 6 nitrogen and oxygen atoms in total. The summed E-state index contributed by atoms with van der Waals surface area (Å²) >= 11 is 0. The molecule has 0 radical (unpaired) electrons. The molecular weight excluding hydrogens is 294 g/mol. The van der Waals surface area contributed by atoms with Gasteiger partial charge in [-0.3, -0.25) is 14.9 Å². The van der Waals surface area contributed by atoms with Crippen LogP contribution in [0.2, 0.25) is 0 Å². The first kappa shape index (κ1) is 17.3. The largest absolute Gasteiger partial charge is 0.482 e. The standard InChI is InChI=1S/C17H25N3O3/c1-4-5-8-18-17(22)12(3)19-11(2)13-6-7-15-14(9-13)20-16(21)10-23-15/h6-7,9,11-12,19H,4-5,8,10H2,1-3H3,(H,18,22)(H,20,21). The minimum absolute atomic E-state index is 0.0000962. The number of unbranched alkanes of at least 4 members (excludes halogenated alkanes) is 1. The zero-order valence-electron chi connectivity index (χ0n) is 13.9. The molecule has 1 aliphatic heterocycles. The number of hydrogen-bond donors (Lipinski definition) is 3. The second-order valence-corrected chi connectivity index (χ2v) is 5.85. The highest BCUT2D eigenvalue weighted by Gasteiger charge is 2.19. The molecule has 0 saturated carbocycles. The summed E-state index contributed by atoms with van der Waals surface area (Å²) in [5, 5.41) is 8.99. The van der Waals surface area contributed by atoms with Gasteiger partial charge in [0.2, 0.25) is 5.91 Å². The van der Waals surface area contributed by atoms with Crippen molar-refractivity contribution in [3.8, 4) is 5.75 Å². The van der Waals surface area contributed by atoms with E-state index in [0.717, 1.165) is 18.4 Å². The third kappa shape index (κ3) is 4.69. The fraction of sp³-hybridized carbons (Fsp3) is 0.529. The summed E-state index contributed by atoms with van der Waals surface area (Å²) in [6.45, 7) is 6.69. The number of rotatable bonds is 7. The topological polar surface area (TPSA) is 79.5 Å². The molecule has 1 aromatic carbocycles. The average Bonchev–Trinajstić information content (AvgIpc) is 2.54. The molecule has 6 heteroatoms. The number of amides is 2. The summed E-state index contributed by atoms with van der Waals surface area (Å²) < 4.78 is 5.35. The van der Waals surface area contributed by atoms with Crippen molar-refractivity contribution in [2.75, 3.05) is 18.5 Å². The number of anilines is 1. The first-order chi connectivity index (χ1) is 11.0. The number of benzene rings is 1. The molecule has 3 N–H and O–H groups in total. The number of hydrogen-bond acceptors (Lipinski definition) is 4. The van der Waals surface area contributed by atoms with Crippen LogP contribution in [-0.2, 0) is 9.59 Å².